The lowest BCUT2D eigenvalue weighted by Crippen LogP contribution is -2.10. The minimum absolute atomic E-state index is 0. The Labute approximate surface area is 108 Å². The molecule has 5 N–H and O–H groups in total. The second-order valence-electron chi connectivity index (χ2n) is 4.18. The zero-order chi connectivity index (χ0) is 11.4. The first-order valence-electron chi connectivity index (χ1n) is 5.84. The van der Waals surface area contributed by atoms with Gasteiger partial charge in [-0.2, -0.15) is 0 Å². The topological polar surface area (TPSA) is 67.8 Å². The van der Waals surface area contributed by atoms with Crippen molar-refractivity contribution in [2.24, 2.45) is 11.5 Å². The molecule has 94 valence electrons. The number of nitrogens with two attached hydrogens (primary N) is 2. The molecule has 0 aliphatic rings. The smallest absolute Gasteiger partial charge is 0.0457 e. The molecule has 1 heterocycles. The summed E-state index contributed by atoms with van der Waals surface area (Å²) in [6.07, 6.45) is 5.17. The first-order valence-corrected chi connectivity index (χ1v) is 5.84. The van der Waals surface area contributed by atoms with Crippen LogP contribution in [0.2, 0.25) is 0 Å². The van der Waals surface area contributed by atoms with E-state index in [4.69, 9.17) is 11.5 Å². The fraction of sp³-hybridized carbons (Fsp3) is 0.385. The van der Waals surface area contributed by atoms with Crippen LogP contribution in [0.25, 0.3) is 10.9 Å². The number of unbranched alkanes of at least 4 members (excludes halogenated alkanes) is 1. The van der Waals surface area contributed by atoms with E-state index in [9.17, 15) is 0 Å². The van der Waals surface area contributed by atoms with Crippen molar-refractivity contribution in [1.29, 1.82) is 0 Å². The Morgan fingerprint density at radius 3 is 2.71 bits per heavy atom. The van der Waals surface area contributed by atoms with Gasteiger partial charge in [0.1, 0.15) is 0 Å². The number of aromatic nitrogens is 1. The van der Waals surface area contributed by atoms with E-state index in [1.54, 1.807) is 0 Å². The van der Waals surface area contributed by atoms with Crippen molar-refractivity contribution in [3.63, 3.8) is 0 Å². The molecule has 0 saturated heterocycles. The minimum atomic E-state index is 0. The van der Waals surface area contributed by atoms with Gasteiger partial charge in [-0.1, -0.05) is 24.6 Å². The van der Waals surface area contributed by atoms with Crippen LogP contribution in [-0.2, 0) is 0 Å². The highest BCUT2D eigenvalue weighted by atomic mass is 35.5. The molecule has 0 radical (unpaired) electrons. The van der Waals surface area contributed by atoms with E-state index in [0.717, 1.165) is 31.3 Å². The van der Waals surface area contributed by atoms with Crippen molar-refractivity contribution in [3.8, 4) is 0 Å². The molecule has 2 rings (SSSR count). The Hall–Kier alpha value is -1.03. The molecule has 0 aliphatic heterocycles. The summed E-state index contributed by atoms with van der Waals surface area (Å²) in [5, 5.41) is 1.24. The van der Waals surface area contributed by atoms with Gasteiger partial charge in [-0.3, -0.25) is 0 Å². The lowest BCUT2D eigenvalue weighted by atomic mass is 10.0. The average Bonchev–Trinajstić information content (AvgIpc) is 2.73. The highest BCUT2D eigenvalue weighted by Gasteiger charge is 2.10. The summed E-state index contributed by atoms with van der Waals surface area (Å²) in [5.74, 6) is 0. The van der Waals surface area contributed by atoms with E-state index in [0.29, 0.717) is 0 Å². The Bertz CT molecular complexity index is 453. The van der Waals surface area contributed by atoms with Gasteiger partial charge in [0.25, 0.3) is 0 Å². The number of benzene rings is 1. The number of aromatic amines is 1. The van der Waals surface area contributed by atoms with Crippen LogP contribution in [0, 0.1) is 0 Å². The van der Waals surface area contributed by atoms with Gasteiger partial charge in [-0.25, -0.2) is 0 Å². The van der Waals surface area contributed by atoms with Crippen molar-refractivity contribution in [2.75, 3.05) is 6.54 Å². The Morgan fingerprint density at radius 2 is 1.94 bits per heavy atom. The summed E-state index contributed by atoms with van der Waals surface area (Å²) in [6, 6.07) is 8.38. The van der Waals surface area contributed by atoms with Crippen LogP contribution < -0.4 is 11.5 Å². The standard InChI is InChI=1S/C13H19N3.ClH/c14-8-4-3-6-12(15)11-9-16-13-7-2-1-5-10(11)13;/h1-2,5,7,9,12,16H,3-4,6,8,14-15H2;1H/t12-;/m0./s1. The Morgan fingerprint density at radius 1 is 1.18 bits per heavy atom. The molecule has 1 aromatic carbocycles. The Balaban J connectivity index is 0.00000144. The van der Waals surface area contributed by atoms with Crippen LogP contribution in [-0.4, -0.2) is 11.5 Å². The predicted octanol–water partition coefficient (Wildman–Crippen LogP) is 2.72. The van der Waals surface area contributed by atoms with Gasteiger partial charge in [0, 0.05) is 23.1 Å². The molecule has 0 spiro atoms. The molecule has 3 nitrogen and oxygen atoms in total. The van der Waals surface area contributed by atoms with Gasteiger partial charge in [-0.15, -0.1) is 12.4 Å². The minimum Gasteiger partial charge on any atom is -0.361 e. The molecule has 4 heteroatoms. The maximum Gasteiger partial charge on any atom is 0.0457 e. The molecule has 1 aromatic heterocycles. The molecule has 0 aliphatic carbocycles. The van der Waals surface area contributed by atoms with E-state index in [-0.39, 0.29) is 18.4 Å². The fourth-order valence-electron chi connectivity index (χ4n) is 2.06. The number of rotatable bonds is 5. The van der Waals surface area contributed by atoms with E-state index in [2.05, 4.69) is 17.1 Å². The summed E-state index contributed by atoms with van der Waals surface area (Å²) in [5.41, 5.74) is 14.0. The largest absolute Gasteiger partial charge is 0.361 e. The van der Waals surface area contributed by atoms with Crippen molar-refractivity contribution < 1.29 is 0 Å². The van der Waals surface area contributed by atoms with Gasteiger partial charge in [0.05, 0.1) is 0 Å². The predicted molar refractivity (Wildman–Crippen MR) is 75.4 cm³/mol. The monoisotopic (exact) mass is 253 g/mol. The van der Waals surface area contributed by atoms with Crippen molar-refractivity contribution in [3.05, 3.63) is 36.0 Å². The van der Waals surface area contributed by atoms with E-state index < -0.39 is 0 Å². The first-order chi connectivity index (χ1) is 7.83. The second-order valence-corrected chi connectivity index (χ2v) is 4.18. The first kappa shape index (κ1) is 14.0. The number of H-pyrrole nitrogens is 1. The van der Waals surface area contributed by atoms with Gasteiger partial charge >= 0.3 is 0 Å². The summed E-state index contributed by atoms with van der Waals surface area (Å²) >= 11 is 0. The van der Waals surface area contributed by atoms with Gasteiger partial charge in [0.2, 0.25) is 0 Å². The van der Waals surface area contributed by atoms with Gasteiger partial charge in [0.15, 0.2) is 0 Å². The molecule has 0 amide bonds. The molecule has 17 heavy (non-hydrogen) atoms. The van der Waals surface area contributed by atoms with E-state index in [1.165, 1.54) is 10.9 Å². The van der Waals surface area contributed by atoms with Gasteiger partial charge in [-0.05, 0) is 31.0 Å². The number of hydrogen-bond acceptors (Lipinski definition) is 2. The lowest BCUT2D eigenvalue weighted by Gasteiger charge is -2.10. The van der Waals surface area contributed by atoms with Gasteiger partial charge < -0.3 is 16.5 Å². The third kappa shape index (κ3) is 3.22. The third-order valence-corrected chi connectivity index (χ3v) is 2.99. The SMILES string of the molecule is Cl.NCCCC[C@H](N)c1c[nH]c2ccccc12. The van der Waals surface area contributed by atoms with E-state index in [1.807, 2.05) is 18.3 Å². The zero-order valence-corrected chi connectivity index (χ0v) is 10.7. The summed E-state index contributed by atoms with van der Waals surface area (Å²) in [7, 11) is 0. The maximum atomic E-state index is 6.19. The molecule has 0 saturated carbocycles. The van der Waals surface area contributed by atoms with Crippen LogP contribution in [0.5, 0.6) is 0 Å². The molecule has 0 unspecified atom stereocenters. The maximum absolute atomic E-state index is 6.19. The van der Waals surface area contributed by atoms with Crippen LogP contribution in [0.15, 0.2) is 30.5 Å². The van der Waals surface area contributed by atoms with Crippen molar-refractivity contribution in [2.45, 2.75) is 25.3 Å². The molecule has 0 fully saturated rings. The molecule has 1 atom stereocenters. The Kier molecular flexibility index (Phi) is 5.48. The lowest BCUT2D eigenvalue weighted by molar-refractivity contribution is 0.594. The fourth-order valence-corrected chi connectivity index (χ4v) is 2.06. The second kappa shape index (κ2) is 6.64. The zero-order valence-electron chi connectivity index (χ0n) is 9.86. The van der Waals surface area contributed by atoms with Crippen molar-refractivity contribution >= 4 is 23.3 Å². The van der Waals surface area contributed by atoms with Crippen molar-refractivity contribution in [1.82, 2.24) is 4.98 Å². The highest BCUT2D eigenvalue weighted by molar-refractivity contribution is 5.85. The van der Waals surface area contributed by atoms with E-state index >= 15 is 0 Å². The number of fused-ring (bicyclic) bond motifs is 1. The molecular formula is C13H20ClN3. The van der Waals surface area contributed by atoms with Crippen LogP contribution in [0.1, 0.15) is 30.9 Å². The molecular weight excluding hydrogens is 234 g/mol. The van der Waals surface area contributed by atoms with Crippen LogP contribution in [0.3, 0.4) is 0 Å². The quantitative estimate of drug-likeness (QED) is 0.718. The summed E-state index contributed by atoms with van der Waals surface area (Å²) in [4.78, 5) is 3.25. The number of nitrogens with one attached hydrogen (secondary N) is 1. The average molecular weight is 254 g/mol. The van der Waals surface area contributed by atoms with Crippen LogP contribution >= 0.6 is 12.4 Å². The number of hydrogen-bond donors (Lipinski definition) is 3. The summed E-state index contributed by atoms with van der Waals surface area (Å²) in [6.45, 7) is 0.751. The summed E-state index contributed by atoms with van der Waals surface area (Å²) < 4.78 is 0. The third-order valence-electron chi connectivity index (χ3n) is 2.99. The normalized spacial score (nSPS) is 12.4. The highest BCUT2D eigenvalue weighted by Crippen LogP contribution is 2.25. The molecule has 2 aromatic rings. The number of para-hydroxylation sites is 1. The number of halogens is 1. The molecule has 0 bridgehead atoms. The van der Waals surface area contributed by atoms with Crippen LogP contribution in [0.4, 0.5) is 0 Å².